The summed E-state index contributed by atoms with van der Waals surface area (Å²) in [7, 11) is 1.69. The maximum Gasteiger partial charge on any atom is 0.339 e. The van der Waals surface area contributed by atoms with Crippen LogP contribution in [0, 0.1) is 5.92 Å². The fraction of sp³-hybridized carbons (Fsp3) is 0.600. The van der Waals surface area contributed by atoms with Gasteiger partial charge in [-0.15, -0.1) is 0 Å². The van der Waals surface area contributed by atoms with Gasteiger partial charge in [0.2, 0.25) is 0 Å². The molecule has 0 amide bonds. The van der Waals surface area contributed by atoms with E-state index in [1.807, 2.05) is 6.07 Å². The van der Waals surface area contributed by atoms with Crippen LogP contribution >= 0.6 is 0 Å². The van der Waals surface area contributed by atoms with Gasteiger partial charge in [0.1, 0.15) is 5.82 Å². The van der Waals surface area contributed by atoms with Crippen LogP contribution in [0.3, 0.4) is 0 Å². The summed E-state index contributed by atoms with van der Waals surface area (Å²) in [6.45, 7) is 8.80. The van der Waals surface area contributed by atoms with Gasteiger partial charge in [0.15, 0.2) is 0 Å². The lowest BCUT2D eigenvalue weighted by Crippen LogP contribution is -2.31. The molecule has 0 N–H and O–H groups in total. The van der Waals surface area contributed by atoms with Crippen molar-refractivity contribution in [2.45, 2.75) is 20.8 Å². The number of hydrogen-bond acceptors (Lipinski definition) is 5. The predicted molar refractivity (Wildman–Crippen MR) is 79.1 cm³/mol. The van der Waals surface area contributed by atoms with E-state index >= 15 is 0 Å². The number of hydrogen-bond donors (Lipinski definition) is 0. The summed E-state index contributed by atoms with van der Waals surface area (Å²) in [5.74, 6) is 1.04. The monoisotopic (exact) mass is 280 g/mol. The van der Waals surface area contributed by atoms with Crippen LogP contribution in [0.4, 0.5) is 5.82 Å². The van der Waals surface area contributed by atoms with Gasteiger partial charge in [-0.1, -0.05) is 13.8 Å². The van der Waals surface area contributed by atoms with E-state index in [1.54, 1.807) is 26.3 Å². The lowest BCUT2D eigenvalue weighted by Gasteiger charge is -2.25. The number of esters is 1. The molecule has 1 aromatic rings. The molecule has 0 aliphatic rings. The highest BCUT2D eigenvalue weighted by Gasteiger charge is 2.12. The molecule has 0 fully saturated rings. The van der Waals surface area contributed by atoms with Gasteiger partial charge in [-0.25, -0.2) is 9.78 Å². The molecule has 0 aromatic carbocycles. The summed E-state index contributed by atoms with van der Waals surface area (Å²) < 4.78 is 10.1. The maximum atomic E-state index is 11.6. The zero-order chi connectivity index (χ0) is 15.0. The summed E-state index contributed by atoms with van der Waals surface area (Å²) in [5.41, 5.74) is 0.479. The number of methoxy groups -OCH3 is 1. The molecular formula is C15H24N2O3. The van der Waals surface area contributed by atoms with Gasteiger partial charge in [-0.3, -0.25) is 0 Å². The number of carbonyl (C=O) groups is 1. The zero-order valence-electron chi connectivity index (χ0n) is 12.8. The average molecular weight is 280 g/mol. The first-order valence-corrected chi connectivity index (χ1v) is 6.95. The maximum absolute atomic E-state index is 11.6. The zero-order valence-corrected chi connectivity index (χ0v) is 12.8. The second-order valence-corrected chi connectivity index (χ2v) is 4.96. The van der Waals surface area contributed by atoms with E-state index in [-0.39, 0.29) is 5.97 Å². The van der Waals surface area contributed by atoms with Crippen molar-refractivity contribution in [3.8, 4) is 0 Å². The second-order valence-electron chi connectivity index (χ2n) is 4.96. The number of ether oxygens (including phenoxy) is 2. The van der Waals surface area contributed by atoms with Crippen LogP contribution in [0.1, 0.15) is 31.1 Å². The molecule has 1 aromatic heterocycles. The van der Waals surface area contributed by atoms with Crippen molar-refractivity contribution in [3.63, 3.8) is 0 Å². The molecule has 20 heavy (non-hydrogen) atoms. The number of aromatic nitrogens is 1. The molecule has 5 heteroatoms. The summed E-state index contributed by atoms with van der Waals surface area (Å²) in [5, 5.41) is 0. The van der Waals surface area contributed by atoms with Crippen molar-refractivity contribution in [3.05, 3.63) is 23.9 Å². The number of anilines is 1. The van der Waals surface area contributed by atoms with Crippen LogP contribution in [0.2, 0.25) is 0 Å². The molecule has 0 spiro atoms. The molecule has 112 valence electrons. The Bertz CT molecular complexity index is 404. The third-order valence-corrected chi connectivity index (χ3v) is 2.73. The molecule has 1 rings (SSSR count). The van der Waals surface area contributed by atoms with Gasteiger partial charge in [-0.05, 0) is 25.0 Å². The molecule has 0 aliphatic heterocycles. The third kappa shape index (κ3) is 5.17. The molecular weight excluding hydrogens is 256 g/mol. The van der Waals surface area contributed by atoms with Gasteiger partial charge in [0.25, 0.3) is 0 Å². The van der Waals surface area contributed by atoms with Gasteiger partial charge in [0, 0.05) is 26.4 Å². The van der Waals surface area contributed by atoms with Crippen LogP contribution in [0.25, 0.3) is 0 Å². The summed E-state index contributed by atoms with van der Waals surface area (Å²) in [4.78, 5) is 18.1. The lowest BCUT2D eigenvalue weighted by molar-refractivity contribution is 0.0526. The number of carbonyl (C=O) groups excluding carboxylic acids is 1. The van der Waals surface area contributed by atoms with Crippen molar-refractivity contribution in [2.75, 3.05) is 38.3 Å². The average Bonchev–Trinajstić information content (AvgIpc) is 2.43. The minimum absolute atomic E-state index is 0.334. The Labute approximate surface area is 120 Å². The fourth-order valence-corrected chi connectivity index (χ4v) is 1.85. The standard InChI is InChI=1S/C15H24N2O3/c1-5-20-15(18)13-6-7-14(16-10-13)17(8-9-19-4)11-12(2)3/h6-7,10,12H,5,8-9,11H2,1-4H3. The molecule has 0 atom stereocenters. The lowest BCUT2D eigenvalue weighted by atomic mass is 10.2. The number of rotatable bonds is 8. The topological polar surface area (TPSA) is 51.7 Å². The van der Waals surface area contributed by atoms with Crippen molar-refractivity contribution >= 4 is 11.8 Å². The van der Waals surface area contributed by atoms with Crippen LogP contribution in [0.15, 0.2) is 18.3 Å². The first-order chi connectivity index (χ1) is 9.58. The van der Waals surface area contributed by atoms with Crippen molar-refractivity contribution < 1.29 is 14.3 Å². The quantitative estimate of drug-likeness (QED) is 0.684. The predicted octanol–water partition coefficient (Wildman–Crippen LogP) is 2.37. The van der Waals surface area contributed by atoms with Gasteiger partial charge in [-0.2, -0.15) is 0 Å². The first kappa shape index (κ1) is 16.4. The molecule has 0 saturated carbocycles. The Morgan fingerprint density at radius 3 is 2.65 bits per heavy atom. The van der Waals surface area contributed by atoms with Crippen molar-refractivity contribution in [1.29, 1.82) is 0 Å². The van der Waals surface area contributed by atoms with Crippen molar-refractivity contribution in [2.24, 2.45) is 5.92 Å². The fourth-order valence-electron chi connectivity index (χ4n) is 1.85. The molecule has 0 bridgehead atoms. The number of pyridine rings is 1. The molecule has 0 aliphatic carbocycles. The smallest absolute Gasteiger partial charge is 0.339 e. The first-order valence-electron chi connectivity index (χ1n) is 6.95. The minimum atomic E-state index is -0.334. The highest BCUT2D eigenvalue weighted by atomic mass is 16.5. The van der Waals surface area contributed by atoms with Crippen LogP contribution < -0.4 is 4.90 Å². The van der Waals surface area contributed by atoms with Crippen LogP contribution in [-0.2, 0) is 9.47 Å². The molecule has 0 saturated heterocycles. The Balaban J connectivity index is 2.78. The molecule has 5 nitrogen and oxygen atoms in total. The Kier molecular flexibility index (Phi) is 7.01. The number of nitrogens with zero attached hydrogens (tertiary/aromatic N) is 2. The van der Waals surface area contributed by atoms with E-state index in [9.17, 15) is 4.79 Å². The van der Waals surface area contributed by atoms with E-state index in [4.69, 9.17) is 9.47 Å². The molecule has 0 radical (unpaired) electrons. The van der Waals surface area contributed by atoms with E-state index in [2.05, 4.69) is 23.7 Å². The third-order valence-electron chi connectivity index (χ3n) is 2.73. The summed E-state index contributed by atoms with van der Waals surface area (Å²) >= 11 is 0. The summed E-state index contributed by atoms with van der Waals surface area (Å²) in [6, 6.07) is 3.60. The van der Waals surface area contributed by atoms with Gasteiger partial charge in [0.05, 0.1) is 18.8 Å². The van der Waals surface area contributed by atoms with E-state index in [0.29, 0.717) is 24.7 Å². The van der Waals surface area contributed by atoms with Crippen molar-refractivity contribution in [1.82, 2.24) is 4.98 Å². The van der Waals surface area contributed by atoms with Crippen LogP contribution in [0.5, 0.6) is 0 Å². The molecule has 0 unspecified atom stereocenters. The summed E-state index contributed by atoms with van der Waals surface area (Å²) in [6.07, 6.45) is 1.56. The van der Waals surface area contributed by atoms with E-state index in [0.717, 1.165) is 18.9 Å². The SMILES string of the molecule is CCOC(=O)c1ccc(N(CCOC)CC(C)C)nc1. The Hall–Kier alpha value is -1.62. The second kappa shape index (κ2) is 8.53. The van der Waals surface area contributed by atoms with Gasteiger partial charge < -0.3 is 14.4 Å². The highest BCUT2D eigenvalue weighted by Crippen LogP contribution is 2.14. The van der Waals surface area contributed by atoms with E-state index < -0.39 is 0 Å². The molecule has 1 heterocycles. The minimum Gasteiger partial charge on any atom is -0.462 e. The van der Waals surface area contributed by atoms with E-state index in [1.165, 1.54) is 0 Å². The highest BCUT2D eigenvalue weighted by molar-refractivity contribution is 5.89. The Morgan fingerprint density at radius 2 is 2.15 bits per heavy atom. The van der Waals surface area contributed by atoms with Gasteiger partial charge >= 0.3 is 5.97 Å². The van der Waals surface area contributed by atoms with Crippen LogP contribution in [-0.4, -0.2) is 44.4 Å². The Morgan fingerprint density at radius 1 is 1.40 bits per heavy atom. The normalized spacial score (nSPS) is 10.7. The largest absolute Gasteiger partial charge is 0.462 e.